The zero-order valence-corrected chi connectivity index (χ0v) is 13.0. The highest BCUT2D eigenvalue weighted by molar-refractivity contribution is 5.31. The van der Waals surface area contributed by atoms with Gasteiger partial charge >= 0.3 is 0 Å². The molecule has 0 saturated carbocycles. The standard InChI is InChI=1S/C16H24N4O/c1-4-13-10-14(20(5-2)19-13)11-16(18-17)12-7-6-8-15(9-12)21-3/h6-10,16,18H,4-5,11,17H2,1-3H3. The van der Waals surface area contributed by atoms with Gasteiger partial charge in [-0.05, 0) is 37.1 Å². The van der Waals surface area contributed by atoms with Crippen molar-refractivity contribution in [3.63, 3.8) is 0 Å². The number of hydrazine groups is 1. The smallest absolute Gasteiger partial charge is 0.119 e. The van der Waals surface area contributed by atoms with Gasteiger partial charge in [0.1, 0.15) is 5.75 Å². The molecule has 1 aromatic carbocycles. The van der Waals surface area contributed by atoms with Crippen molar-refractivity contribution in [2.45, 2.75) is 39.3 Å². The fourth-order valence-electron chi connectivity index (χ4n) is 2.47. The van der Waals surface area contributed by atoms with Crippen LogP contribution in [0.1, 0.15) is 36.8 Å². The number of nitrogens with one attached hydrogen (secondary N) is 1. The molecule has 0 aliphatic heterocycles. The average Bonchev–Trinajstić information content (AvgIpc) is 2.94. The van der Waals surface area contributed by atoms with Crippen LogP contribution >= 0.6 is 0 Å². The highest BCUT2D eigenvalue weighted by atomic mass is 16.5. The van der Waals surface area contributed by atoms with Crippen LogP contribution in [0.3, 0.4) is 0 Å². The molecule has 114 valence electrons. The van der Waals surface area contributed by atoms with Crippen molar-refractivity contribution in [1.29, 1.82) is 0 Å². The van der Waals surface area contributed by atoms with Gasteiger partial charge in [0.15, 0.2) is 0 Å². The SMILES string of the molecule is CCc1cc(CC(NN)c2cccc(OC)c2)n(CC)n1. The van der Waals surface area contributed by atoms with Gasteiger partial charge in [0, 0.05) is 18.7 Å². The molecule has 5 nitrogen and oxygen atoms in total. The Kier molecular flexibility index (Phi) is 5.36. The van der Waals surface area contributed by atoms with Crippen LogP contribution in [-0.2, 0) is 19.4 Å². The van der Waals surface area contributed by atoms with E-state index in [1.54, 1.807) is 7.11 Å². The summed E-state index contributed by atoms with van der Waals surface area (Å²) >= 11 is 0. The van der Waals surface area contributed by atoms with Crippen molar-refractivity contribution in [2.24, 2.45) is 5.84 Å². The normalized spacial score (nSPS) is 12.4. The lowest BCUT2D eigenvalue weighted by molar-refractivity contribution is 0.412. The first-order valence-corrected chi connectivity index (χ1v) is 7.37. The third-order valence-corrected chi connectivity index (χ3v) is 3.69. The maximum atomic E-state index is 5.75. The first-order chi connectivity index (χ1) is 10.2. The van der Waals surface area contributed by atoms with Gasteiger partial charge in [-0.15, -0.1) is 0 Å². The molecule has 1 aromatic heterocycles. The Labute approximate surface area is 126 Å². The Hall–Kier alpha value is -1.85. The summed E-state index contributed by atoms with van der Waals surface area (Å²) in [6, 6.07) is 10.2. The van der Waals surface area contributed by atoms with Crippen molar-refractivity contribution in [3.8, 4) is 5.75 Å². The fourth-order valence-corrected chi connectivity index (χ4v) is 2.47. The Bertz CT molecular complexity index is 579. The third kappa shape index (κ3) is 3.62. The molecule has 0 aliphatic carbocycles. The molecule has 3 N–H and O–H groups in total. The summed E-state index contributed by atoms with van der Waals surface area (Å²) in [7, 11) is 1.67. The van der Waals surface area contributed by atoms with Crippen LogP contribution in [0, 0.1) is 0 Å². The molecule has 21 heavy (non-hydrogen) atoms. The lowest BCUT2D eigenvalue weighted by Crippen LogP contribution is -2.30. The molecule has 2 aromatic rings. The zero-order chi connectivity index (χ0) is 15.2. The van der Waals surface area contributed by atoms with Gasteiger partial charge in [-0.1, -0.05) is 19.1 Å². The van der Waals surface area contributed by atoms with Gasteiger partial charge in [0.05, 0.1) is 18.8 Å². The fraction of sp³-hybridized carbons (Fsp3) is 0.438. The largest absolute Gasteiger partial charge is 0.497 e. The van der Waals surface area contributed by atoms with E-state index in [-0.39, 0.29) is 6.04 Å². The molecule has 1 unspecified atom stereocenters. The van der Waals surface area contributed by atoms with Crippen molar-refractivity contribution < 1.29 is 4.74 Å². The number of aryl methyl sites for hydroxylation is 2. The van der Waals surface area contributed by atoms with E-state index in [0.29, 0.717) is 0 Å². The van der Waals surface area contributed by atoms with Crippen LogP contribution in [0.2, 0.25) is 0 Å². The molecular formula is C16H24N4O. The van der Waals surface area contributed by atoms with Crippen LogP contribution in [-0.4, -0.2) is 16.9 Å². The maximum Gasteiger partial charge on any atom is 0.119 e. The number of nitrogens with zero attached hydrogens (tertiary/aromatic N) is 2. The first kappa shape index (κ1) is 15.5. The molecule has 1 atom stereocenters. The zero-order valence-electron chi connectivity index (χ0n) is 13.0. The van der Waals surface area contributed by atoms with E-state index in [2.05, 4.69) is 36.5 Å². The summed E-state index contributed by atoms with van der Waals surface area (Å²) in [5, 5.41) is 4.59. The van der Waals surface area contributed by atoms with E-state index < -0.39 is 0 Å². The average molecular weight is 288 g/mol. The first-order valence-electron chi connectivity index (χ1n) is 7.37. The van der Waals surface area contributed by atoms with Crippen molar-refractivity contribution in [1.82, 2.24) is 15.2 Å². The highest BCUT2D eigenvalue weighted by Gasteiger charge is 2.15. The van der Waals surface area contributed by atoms with E-state index in [4.69, 9.17) is 10.6 Å². The van der Waals surface area contributed by atoms with E-state index in [0.717, 1.165) is 36.4 Å². The minimum Gasteiger partial charge on any atom is -0.497 e. The monoisotopic (exact) mass is 288 g/mol. The molecule has 0 aliphatic rings. The second-order valence-electron chi connectivity index (χ2n) is 5.00. The molecule has 0 saturated heterocycles. The van der Waals surface area contributed by atoms with Crippen LogP contribution in [0.5, 0.6) is 5.75 Å². The number of hydrogen-bond acceptors (Lipinski definition) is 4. The Morgan fingerprint density at radius 3 is 2.76 bits per heavy atom. The topological polar surface area (TPSA) is 65.1 Å². The number of benzene rings is 1. The van der Waals surface area contributed by atoms with Crippen LogP contribution in [0.25, 0.3) is 0 Å². The van der Waals surface area contributed by atoms with Crippen molar-refractivity contribution in [3.05, 3.63) is 47.3 Å². The van der Waals surface area contributed by atoms with E-state index >= 15 is 0 Å². The predicted octanol–water partition coefficient (Wildman–Crippen LogP) is 2.22. The minimum absolute atomic E-state index is 0.0341. The summed E-state index contributed by atoms with van der Waals surface area (Å²) in [6.07, 6.45) is 1.74. The Morgan fingerprint density at radius 1 is 1.33 bits per heavy atom. The second kappa shape index (κ2) is 7.24. The molecule has 0 radical (unpaired) electrons. The molecule has 0 amide bonds. The van der Waals surface area contributed by atoms with Gasteiger partial charge in [0.2, 0.25) is 0 Å². The van der Waals surface area contributed by atoms with E-state index in [9.17, 15) is 0 Å². The molecule has 2 rings (SSSR count). The predicted molar refractivity (Wildman–Crippen MR) is 84.0 cm³/mol. The lowest BCUT2D eigenvalue weighted by Gasteiger charge is -2.17. The van der Waals surface area contributed by atoms with Crippen molar-refractivity contribution in [2.75, 3.05) is 7.11 Å². The van der Waals surface area contributed by atoms with Crippen molar-refractivity contribution >= 4 is 0 Å². The number of ether oxygens (including phenoxy) is 1. The molecule has 0 bridgehead atoms. The molecule has 1 heterocycles. The molecular weight excluding hydrogens is 264 g/mol. The van der Waals surface area contributed by atoms with E-state index in [1.807, 2.05) is 22.9 Å². The summed E-state index contributed by atoms with van der Waals surface area (Å²) in [6.45, 7) is 5.09. The van der Waals surface area contributed by atoms with Gasteiger partial charge in [-0.3, -0.25) is 16.0 Å². The number of hydrogen-bond donors (Lipinski definition) is 2. The summed E-state index contributed by atoms with van der Waals surface area (Å²) in [5.74, 6) is 6.59. The Morgan fingerprint density at radius 2 is 2.14 bits per heavy atom. The summed E-state index contributed by atoms with van der Waals surface area (Å²) < 4.78 is 7.32. The number of rotatable bonds is 7. The van der Waals surface area contributed by atoms with Gasteiger partial charge in [-0.25, -0.2) is 0 Å². The third-order valence-electron chi connectivity index (χ3n) is 3.69. The molecule has 0 fully saturated rings. The van der Waals surface area contributed by atoms with Gasteiger partial charge in [-0.2, -0.15) is 5.10 Å². The lowest BCUT2D eigenvalue weighted by atomic mass is 10.0. The van der Waals surface area contributed by atoms with Crippen LogP contribution < -0.4 is 16.0 Å². The number of methoxy groups -OCH3 is 1. The highest BCUT2D eigenvalue weighted by Crippen LogP contribution is 2.22. The second-order valence-corrected chi connectivity index (χ2v) is 5.00. The molecule has 0 spiro atoms. The van der Waals surface area contributed by atoms with Crippen LogP contribution in [0.4, 0.5) is 0 Å². The van der Waals surface area contributed by atoms with Gasteiger partial charge in [0.25, 0.3) is 0 Å². The maximum absolute atomic E-state index is 5.75. The van der Waals surface area contributed by atoms with E-state index in [1.165, 1.54) is 5.69 Å². The molecule has 5 heteroatoms. The summed E-state index contributed by atoms with van der Waals surface area (Å²) in [4.78, 5) is 0. The Balaban J connectivity index is 2.24. The number of aromatic nitrogens is 2. The minimum atomic E-state index is 0.0341. The number of nitrogens with two attached hydrogens (primary N) is 1. The van der Waals surface area contributed by atoms with Crippen LogP contribution in [0.15, 0.2) is 30.3 Å². The quantitative estimate of drug-likeness (QED) is 0.605. The van der Waals surface area contributed by atoms with Gasteiger partial charge < -0.3 is 4.74 Å². The summed E-state index contributed by atoms with van der Waals surface area (Å²) in [5.41, 5.74) is 6.32.